The van der Waals surface area contributed by atoms with Crippen molar-refractivity contribution in [1.29, 1.82) is 5.41 Å². The fraction of sp³-hybridized carbons (Fsp3) is 0.514. The van der Waals surface area contributed by atoms with Crippen LogP contribution in [0.3, 0.4) is 0 Å². The molecule has 0 saturated heterocycles. The summed E-state index contributed by atoms with van der Waals surface area (Å²) in [5.74, 6) is -9.75. The van der Waals surface area contributed by atoms with Gasteiger partial charge in [-0.25, -0.2) is 0 Å². The summed E-state index contributed by atoms with van der Waals surface area (Å²) in [5.41, 5.74) is -2.16. The Labute approximate surface area is 296 Å². The van der Waals surface area contributed by atoms with Gasteiger partial charge in [-0.3, -0.25) is 29.4 Å². The van der Waals surface area contributed by atoms with Gasteiger partial charge in [-0.1, -0.05) is 45.9 Å². The van der Waals surface area contributed by atoms with Crippen molar-refractivity contribution in [2.45, 2.75) is 91.6 Å². The second-order valence-electron chi connectivity index (χ2n) is 13.7. The van der Waals surface area contributed by atoms with E-state index in [-0.39, 0.29) is 22.4 Å². The van der Waals surface area contributed by atoms with Crippen LogP contribution in [0.4, 0.5) is 0 Å². The molecule has 0 aromatic heterocycles. The molecule has 1 aromatic rings. The number of methoxy groups -OCH3 is 1. The van der Waals surface area contributed by atoms with E-state index >= 15 is 0 Å². The Kier molecular flexibility index (Phi) is 11.4. The molecule has 5 N–H and O–H groups in total. The third kappa shape index (κ3) is 7.12. The van der Waals surface area contributed by atoms with Crippen LogP contribution in [0, 0.1) is 36.0 Å². The molecular weight excluding hydrogens is 664 g/mol. The van der Waals surface area contributed by atoms with Crippen LogP contribution in [0.15, 0.2) is 36.1 Å². The lowest BCUT2D eigenvalue weighted by Gasteiger charge is -2.38. The van der Waals surface area contributed by atoms with Crippen molar-refractivity contribution >= 4 is 34.9 Å². The Morgan fingerprint density at radius 3 is 2.22 bits per heavy atom. The van der Waals surface area contributed by atoms with Crippen LogP contribution in [-0.2, 0) is 23.8 Å². The summed E-state index contributed by atoms with van der Waals surface area (Å²) >= 11 is 0. The zero-order valence-electron chi connectivity index (χ0n) is 30.1. The van der Waals surface area contributed by atoms with Gasteiger partial charge in [0.2, 0.25) is 11.7 Å². The first-order valence-corrected chi connectivity index (χ1v) is 16.7. The van der Waals surface area contributed by atoms with Crippen molar-refractivity contribution in [2.24, 2.45) is 23.7 Å². The standard InChI is InChI=1S/C37H46N2O12/c1-15-11-10-12-16(2)36(47)39-27-26(38)31(44)23-24(32(27)45)30(43)20(6)34-25(23)35(46)37(8,51-34)49-14-13-22(48-9)17(3)33(50-21(7)40)19(5)29(42)18(4)28(15)41/h10-15,17-19,22,27-29,33,38,41-43H,1-9H3,(H,39,47)/t15-,17+,18+,19-,22-,27-,28-,29-,33+,37-/m0/s1. The SMILES string of the molecule is CO[C@H]1C=CO[C@@]2(C)Oc3c(C)c(O)c4c(c3C2=O)C(=O)C(=N)[C@H](NC(=O)C(C)=CC=C[C@H](C)[C@H](O)[C@@H](C)[C@H](O)[C@H](C)[C@H](OC(C)=O)[C@@H]1C)C4=O. The number of amides is 1. The quantitative estimate of drug-likeness (QED) is 0.280. The van der Waals surface area contributed by atoms with Crippen molar-refractivity contribution in [3.05, 3.63) is 58.4 Å². The lowest BCUT2D eigenvalue weighted by molar-refractivity contribution is -0.160. The fourth-order valence-corrected chi connectivity index (χ4v) is 6.83. The molecule has 5 bridgehead atoms. The number of fused-ring (bicyclic) bond motifs is 14. The lowest BCUT2D eigenvalue weighted by atomic mass is 9.78. The van der Waals surface area contributed by atoms with E-state index < -0.39 is 112 Å². The number of allylic oxidation sites excluding steroid dienone is 2. The number of ketones is 3. The fourth-order valence-electron chi connectivity index (χ4n) is 6.83. The van der Waals surface area contributed by atoms with Gasteiger partial charge in [0.25, 0.3) is 5.78 Å². The van der Waals surface area contributed by atoms with Gasteiger partial charge in [0.1, 0.15) is 29.4 Å². The second kappa shape index (κ2) is 14.9. The predicted molar refractivity (Wildman–Crippen MR) is 183 cm³/mol. The zero-order chi connectivity index (χ0) is 38.3. The van der Waals surface area contributed by atoms with E-state index in [9.17, 15) is 39.3 Å². The number of ether oxygens (including phenoxy) is 4. The number of nitrogens with one attached hydrogen (secondary N) is 2. The minimum absolute atomic E-state index is 0.0366. The summed E-state index contributed by atoms with van der Waals surface area (Å²) in [6.07, 6.45) is 3.20. The van der Waals surface area contributed by atoms with Crippen LogP contribution in [0.25, 0.3) is 0 Å². The first-order chi connectivity index (χ1) is 23.8. The molecule has 10 atom stereocenters. The number of carbonyl (C=O) groups is 5. The molecule has 1 aliphatic carbocycles. The van der Waals surface area contributed by atoms with Crippen molar-refractivity contribution in [1.82, 2.24) is 5.32 Å². The molecule has 5 rings (SSSR count). The summed E-state index contributed by atoms with van der Waals surface area (Å²) in [7, 11) is 1.41. The number of phenols is 1. The molecule has 3 heterocycles. The third-order valence-electron chi connectivity index (χ3n) is 10.1. The lowest BCUT2D eigenvalue weighted by Crippen LogP contribution is -2.52. The van der Waals surface area contributed by atoms with Gasteiger partial charge in [0, 0.05) is 55.8 Å². The molecule has 0 fully saturated rings. The molecule has 0 saturated carbocycles. The second-order valence-corrected chi connectivity index (χ2v) is 13.7. The monoisotopic (exact) mass is 710 g/mol. The van der Waals surface area contributed by atoms with E-state index in [1.54, 1.807) is 33.8 Å². The van der Waals surface area contributed by atoms with Gasteiger partial charge in [-0.2, -0.15) is 0 Å². The Balaban J connectivity index is 1.85. The van der Waals surface area contributed by atoms with E-state index in [0.717, 1.165) is 6.26 Å². The van der Waals surface area contributed by atoms with E-state index in [1.165, 1.54) is 53.0 Å². The molecule has 0 unspecified atom stereocenters. The largest absolute Gasteiger partial charge is 0.507 e. The summed E-state index contributed by atoms with van der Waals surface area (Å²) in [6.45, 7) is 12.1. The Bertz CT molecular complexity index is 1740. The Morgan fingerprint density at radius 1 is 0.961 bits per heavy atom. The molecule has 276 valence electrons. The molecule has 4 aliphatic rings. The Morgan fingerprint density at radius 2 is 1.61 bits per heavy atom. The van der Waals surface area contributed by atoms with E-state index in [0.29, 0.717) is 0 Å². The molecule has 14 heteroatoms. The molecule has 1 amide bonds. The average Bonchev–Trinajstić information content (AvgIpc) is 3.35. The molecule has 14 nitrogen and oxygen atoms in total. The number of rotatable bonds is 2. The number of aromatic hydroxyl groups is 1. The average molecular weight is 711 g/mol. The number of esters is 1. The first kappa shape index (κ1) is 39.1. The normalized spacial score (nSPS) is 33.4. The highest BCUT2D eigenvalue weighted by Crippen LogP contribution is 2.47. The molecule has 3 aliphatic heterocycles. The maximum atomic E-state index is 13.9. The van der Waals surface area contributed by atoms with Crippen molar-refractivity contribution in [2.75, 3.05) is 7.11 Å². The van der Waals surface area contributed by atoms with Crippen LogP contribution in [0.2, 0.25) is 0 Å². The smallest absolute Gasteiger partial charge is 0.312 e. The van der Waals surface area contributed by atoms with Crippen LogP contribution in [-0.4, -0.2) is 93.6 Å². The van der Waals surface area contributed by atoms with Gasteiger partial charge >= 0.3 is 11.8 Å². The number of hydrogen-bond donors (Lipinski definition) is 5. The van der Waals surface area contributed by atoms with E-state index in [1.807, 2.05) is 0 Å². The number of aliphatic hydroxyl groups is 2. The predicted octanol–water partition coefficient (Wildman–Crippen LogP) is 3.13. The summed E-state index contributed by atoms with van der Waals surface area (Å²) in [4.78, 5) is 66.7. The minimum atomic E-state index is -2.09. The molecule has 1 aromatic carbocycles. The number of phenolic OH excluding ortho intramolecular Hbond substituents is 1. The third-order valence-corrected chi connectivity index (χ3v) is 10.1. The highest BCUT2D eigenvalue weighted by molar-refractivity contribution is 6.56. The Hall–Kier alpha value is -4.66. The number of carbonyl (C=O) groups excluding carboxylic acids is 5. The number of hydrogen-bond acceptors (Lipinski definition) is 13. The highest BCUT2D eigenvalue weighted by Gasteiger charge is 2.53. The van der Waals surface area contributed by atoms with Gasteiger partial charge in [-0.15, -0.1) is 0 Å². The molecule has 51 heavy (non-hydrogen) atoms. The van der Waals surface area contributed by atoms with Crippen molar-refractivity contribution in [3.8, 4) is 11.5 Å². The molecular formula is C37H46N2O12. The number of benzene rings is 1. The van der Waals surface area contributed by atoms with Crippen LogP contribution >= 0.6 is 0 Å². The van der Waals surface area contributed by atoms with Crippen LogP contribution in [0.1, 0.15) is 85.1 Å². The highest BCUT2D eigenvalue weighted by atomic mass is 16.7. The van der Waals surface area contributed by atoms with Crippen LogP contribution in [0.5, 0.6) is 11.5 Å². The van der Waals surface area contributed by atoms with E-state index in [2.05, 4.69) is 5.32 Å². The molecule has 0 spiro atoms. The topological polar surface area (TPSA) is 219 Å². The van der Waals surface area contributed by atoms with Gasteiger partial charge < -0.3 is 39.6 Å². The van der Waals surface area contributed by atoms with Crippen molar-refractivity contribution in [3.63, 3.8) is 0 Å². The summed E-state index contributed by atoms with van der Waals surface area (Å²) in [6, 6.07) is -1.75. The summed E-state index contributed by atoms with van der Waals surface area (Å²) < 4.78 is 23.0. The van der Waals surface area contributed by atoms with Gasteiger partial charge in [0.05, 0.1) is 41.3 Å². The molecule has 0 radical (unpaired) electrons. The van der Waals surface area contributed by atoms with Gasteiger partial charge in [-0.05, 0) is 19.9 Å². The van der Waals surface area contributed by atoms with E-state index in [4.69, 9.17) is 24.4 Å². The van der Waals surface area contributed by atoms with Crippen LogP contribution < -0.4 is 10.1 Å². The maximum Gasteiger partial charge on any atom is 0.312 e. The minimum Gasteiger partial charge on any atom is -0.507 e. The number of Topliss-reactive ketones (excluding diaryl/α,β-unsaturated/α-hetero) is 3. The summed E-state index contributed by atoms with van der Waals surface area (Å²) in [5, 5.41) is 44.6. The number of aliphatic hydroxyl groups excluding tert-OH is 2. The maximum absolute atomic E-state index is 13.9. The van der Waals surface area contributed by atoms with Gasteiger partial charge in [0.15, 0.2) is 5.78 Å². The zero-order valence-corrected chi connectivity index (χ0v) is 30.1. The first-order valence-electron chi connectivity index (χ1n) is 16.7. The van der Waals surface area contributed by atoms with Crippen molar-refractivity contribution < 1.29 is 58.2 Å².